The van der Waals surface area contributed by atoms with Crippen LogP contribution in [0.5, 0.6) is 11.5 Å². The van der Waals surface area contributed by atoms with Crippen LogP contribution in [0.1, 0.15) is 24.5 Å². The molecular formula is C21H24O4. The van der Waals surface area contributed by atoms with Gasteiger partial charge in [0.1, 0.15) is 18.1 Å². The monoisotopic (exact) mass is 340 g/mol. The van der Waals surface area contributed by atoms with Gasteiger partial charge in [-0.05, 0) is 37.0 Å². The van der Waals surface area contributed by atoms with Crippen molar-refractivity contribution in [3.8, 4) is 11.5 Å². The molecule has 0 aliphatic carbocycles. The Morgan fingerprint density at radius 2 is 2.04 bits per heavy atom. The lowest BCUT2D eigenvalue weighted by atomic mass is 10.1. The molecule has 2 aromatic carbocycles. The first-order valence-corrected chi connectivity index (χ1v) is 8.44. The summed E-state index contributed by atoms with van der Waals surface area (Å²) in [5.41, 5.74) is 2.46. The van der Waals surface area contributed by atoms with Gasteiger partial charge in [-0.1, -0.05) is 43.0 Å². The van der Waals surface area contributed by atoms with E-state index in [2.05, 4.69) is 29.5 Å². The second-order valence-corrected chi connectivity index (χ2v) is 5.45. The Morgan fingerprint density at radius 3 is 2.72 bits per heavy atom. The Bertz CT molecular complexity index is 680. The summed E-state index contributed by atoms with van der Waals surface area (Å²) < 4.78 is 15.8. The fraction of sp³-hybridized carbons (Fsp3) is 0.286. The first-order chi connectivity index (χ1) is 12.2. The van der Waals surface area contributed by atoms with Crippen molar-refractivity contribution >= 4 is 5.97 Å². The van der Waals surface area contributed by atoms with Crippen LogP contribution in [0.4, 0.5) is 0 Å². The summed E-state index contributed by atoms with van der Waals surface area (Å²) in [6.07, 6.45) is 3.36. The zero-order valence-electron chi connectivity index (χ0n) is 14.6. The van der Waals surface area contributed by atoms with Crippen molar-refractivity contribution in [2.24, 2.45) is 0 Å². The van der Waals surface area contributed by atoms with Gasteiger partial charge in [-0.25, -0.2) is 4.79 Å². The lowest BCUT2D eigenvalue weighted by Crippen LogP contribution is -2.08. The minimum atomic E-state index is -0.359. The summed E-state index contributed by atoms with van der Waals surface area (Å²) in [5, 5.41) is 0. The van der Waals surface area contributed by atoms with E-state index in [0.29, 0.717) is 13.2 Å². The van der Waals surface area contributed by atoms with Crippen LogP contribution in [0.15, 0.2) is 61.2 Å². The van der Waals surface area contributed by atoms with E-state index in [-0.39, 0.29) is 5.97 Å². The molecule has 0 spiro atoms. The molecule has 25 heavy (non-hydrogen) atoms. The lowest BCUT2D eigenvalue weighted by molar-refractivity contribution is -0.137. The third kappa shape index (κ3) is 6.34. The molecule has 1 aliphatic rings. The maximum Gasteiger partial charge on any atom is 0.330 e. The van der Waals surface area contributed by atoms with Gasteiger partial charge in [-0.3, -0.25) is 0 Å². The zero-order chi connectivity index (χ0) is 17.9. The van der Waals surface area contributed by atoms with Gasteiger partial charge in [0, 0.05) is 12.1 Å². The molecular weight excluding hydrogens is 316 g/mol. The van der Waals surface area contributed by atoms with Crippen molar-refractivity contribution in [2.45, 2.75) is 26.4 Å². The molecule has 132 valence electrons. The van der Waals surface area contributed by atoms with Gasteiger partial charge in [-0.15, -0.1) is 0 Å². The van der Waals surface area contributed by atoms with Crippen molar-refractivity contribution in [1.29, 1.82) is 0 Å². The molecule has 0 unspecified atom stereocenters. The second-order valence-electron chi connectivity index (χ2n) is 5.45. The Morgan fingerprint density at radius 1 is 1.24 bits per heavy atom. The highest BCUT2D eigenvalue weighted by molar-refractivity contribution is 5.81. The molecule has 0 bridgehead atoms. The predicted octanol–water partition coefficient (Wildman–Crippen LogP) is 4.33. The summed E-state index contributed by atoms with van der Waals surface area (Å²) in [6, 6.07) is 16.3. The molecule has 4 nitrogen and oxygen atoms in total. The quantitative estimate of drug-likeness (QED) is 0.600. The number of carbonyl (C=O) groups is 1. The average molecular weight is 340 g/mol. The van der Waals surface area contributed by atoms with Gasteiger partial charge in [0.2, 0.25) is 0 Å². The summed E-state index contributed by atoms with van der Waals surface area (Å²) in [7, 11) is 0. The number of carbonyl (C=O) groups excluding carboxylic acids is 1. The number of aryl methyl sites for hydroxylation is 1. The van der Waals surface area contributed by atoms with Crippen LogP contribution < -0.4 is 9.47 Å². The molecule has 0 N–H and O–H groups in total. The minimum absolute atomic E-state index is 0.359. The third-order valence-corrected chi connectivity index (χ3v) is 3.59. The largest absolute Gasteiger partial charge is 0.493 e. The number of hydrogen-bond donors (Lipinski definition) is 0. The van der Waals surface area contributed by atoms with Crippen LogP contribution in [-0.4, -0.2) is 19.2 Å². The van der Waals surface area contributed by atoms with Crippen molar-refractivity contribution in [2.75, 3.05) is 13.2 Å². The standard InChI is InChI=1S/C16H16O2.C5H8O2/c1-2-5-13(6-3-1)12-18-15-9-8-14-7-4-10-17-16(14)11-15;1-3-5(6)7-4-2/h1-3,5-6,8-9,11H,4,7,10,12H2;3H,1,4H2,2H3. The summed E-state index contributed by atoms with van der Waals surface area (Å²) in [5.74, 6) is 1.49. The average Bonchev–Trinajstić information content (AvgIpc) is 2.67. The van der Waals surface area contributed by atoms with Gasteiger partial charge in [-0.2, -0.15) is 0 Å². The van der Waals surface area contributed by atoms with E-state index < -0.39 is 0 Å². The zero-order valence-corrected chi connectivity index (χ0v) is 14.6. The Balaban J connectivity index is 0.000000277. The van der Waals surface area contributed by atoms with Crippen molar-refractivity contribution < 1.29 is 19.0 Å². The van der Waals surface area contributed by atoms with E-state index >= 15 is 0 Å². The molecule has 0 aromatic heterocycles. The fourth-order valence-corrected chi connectivity index (χ4v) is 2.35. The summed E-state index contributed by atoms with van der Waals surface area (Å²) in [6.45, 7) is 6.79. The van der Waals surface area contributed by atoms with E-state index in [1.807, 2.05) is 30.3 Å². The van der Waals surface area contributed by atoms with Gasteiger partial charge in [0.15, 0.2) is 0 Å². The van der Waals surface area contributed by atoms with Crippen LogP contribution in [-0.2, 0) is 22.6 Å². The minimum Gasteiger partial charge on any atom is -0.493 e. The normalized spacial score (nSPS) is 11.9. The molecule has 4 heteroatoms. The van der Waals surface area contributed by atoms with Gasteiger partial charge in [0.25, 0.3) is 0 Å². The SMILES string of the molecule is C=CC(=O)OCC.c1ccc(COc2ccc3c(c2)OCCC3)cc1. The maximum absolute atomic E-state index is 10.1. The molecule has 1 aliphatic heterocycles. The van der Waals surface area contributed by atoms with Gasteiger partial charge in [0.05, 0.1) is 13.2 Å². The molecule has 0 saturated carbocycles. The van der Waals surface area contributed by atoms with Crippen LogP contribution in [0, 0.1) is 0 Å². The topological polar surface area (TPSA) is 44.8 Å². The van der Waals surface area contributed by atoms with Crippen LogP contribution in [0.3, 0.4) is 0 Å². The van der Waals surface area contributed by atoms with Gasteiger partial charge < -0.3 is 14.2 Å². The van der Waals surface area contributed by atoms with Gasteiger partial charge >= 0.3 is 5.97 Å². The number of esters is 1. The fourth-order valence-electron chi connectivity index (χ4n) is 2.35. The number of fused-ring (bicyclic) bond motifs is 1. The number of rotatable bonds is 5. The van der Waals surface area contributed by atoms with Crippen LogP contribution >= 0.6 is 0 Å². The maximum atomic E-state index is 10.1. The van der Waals surface area contributed by atoms with E-state index in [9.17, 15) is 4.79 Å². The van der Waals surface area contributed by atoms with Crippen LogP contribution in [0.2, 0.25) is 0 Å². The molecule has 0 radical (unpaired) electrons. The third-order valence-electron chi connectivity index (χ3n) is 3.59. The van der Waals surface area contributed by atoms with E-state index in [1.165, 1.54) is 11.1 Å². The first kappa shape index (κ1) is 18.6. The summed E-state index contributed by atoms with van der Waals surface area (Å²) in [4.78, 5) is 10.1. The molecule has 0 atom stereocenters. The van der Waals surface area contributed by atoms with Crippen molar-refractivity contribution in [3.63, 3.8) is 0 Å². The molecule has 2 aromatic rings. The number of benzene rings is 2. The predicted molar refractivity (Wildman–Crippen MR) is 97.9 cm³/mol. The van der Waals surface area contributed by atoms with Crippen molar-refractivity contribution in [3.05, 3.63) is 72.3 Å². The van der Waals surface area contributed by atoms with E-state index in [1.54, 1.807) is 6.92 Å². The Hall–Kier alpha value is -2.75. The number of hydrogen-bond acceptors (Lipinski definition) is 4. The van der Waals surface area contributed by atoms with Crippen LogP contribution in [0.25, 0.3) is 0 Å². The Labute approximate surface area is 149 Å². The molecule has 3 rings (SSSR count). The lowest BCUT2D eigenvalue weighted by Gasteiger charge is -2.18. The first-order valence-electron chi connectivity index (χ1n) is 8.44. The second kappa shape index (κ2) is 10.2. The molecule has 0 saturated heterocycles. The molecule has 0 fully saturated rings. The van der Waals surface area contributed by atoms with E-state index in [0.717, 1.165) is 37.0 Å². The number of ether oxygens (including phenoxy) is 3. The Kier molecular flexibility index (Phi) is 7.57. The van der Waals surface area contributed by atoms with Crippen molar-refractivity contribution in [1.82, 2.24) is 0 Å². The summed E-state index contributed by atoms with van der Waals surface area (Å²) >= 11 is 0. The molecule has 1 heterocycles. The smallest absolute Gasteiger partial charge is 0.330 e. The highest BCUT2D eigenvalue weighted by atomic mass is 16.5. The molecule has 0 amide bonds. The van der Waals surface area contributed by atoms with E-state index in [4.69, 9.17) is 9.47 Å². The highest BCUT2D eigenvalue weighted by Crippen LogP contribution is 2.29. The highest BCUT2D eigenvalue weighted by Gasteiger charge is 2.10.